The Bertz CT molecular complexity index is 260. The Morgan fingerprint density at radius 1 is 1.67 bits per heavy atom. The van der Waals surface area contributed by atoms with Gasteiger partial charge in [0.05, 0.1) is 11.8 Å². The Morgan fingerprint density at radius 3 is 3.33 bits per heavy atom. The van der Waals surface area contributed by atoms with Crippen molar-refractivity contribution in [2.75, 3.05) is 0 Å². The molecule has 0 atom stereocenters. The fourth-order valence-corrected chi connectivity index (χ4v) is 0.726. The number of esters is 1. The van der Waals surface area contributed by atoms with Gasteiger partial charge in [0, 0.05) is 6.08 Å². The number of fused-ring (bicyclic) bond motifs is 1. The first-order valence-corrected chi connectivity index (χ1v) is 2.46. The van der Waals surface area contributed by atoms with E-state index in [2.05, 4.69) is 15.9 Å². The average Bonchev–Trinajstić information content (AvgIpc) is 2.22. The van der Waals surface area contributed by atoms with Gasteiger partial charge in [-0.1, -0.05) is 0 Å². The number of hydrogen-bond acceptors (Lipinski definition) is 3. The summed E-state index contributed by atoms with van der Waals surface area (Å²) in [5.74, 6) is 0.179. The molecule has 0 N–H and O–H groups in total. The van der Waals surface area contributed by atoms with Crippen LogP contribution in [0.1, 0.15) is 0 Å². The lowest BCUT2D eigenvalue weighted by atomic mass is 10.3. The van der Waals surface area contributed by atoms with E-state index in [1.165, 1.54) is 12.3 Å². The summed E-state index contributed by atoms with van der Waals surface area (Å²) >= 11 is 0. The highest BCUT2D eigenvalue weighted by atomic mass is 16.5. The summed E-state index contributed by atoms with van der Waals surface area (Å²) in [6.07, 6.45) is 5.43. The van der Waals surface area contributed by atoms with Gasteiger partial charge >= 0.3 is 5.97 Å². The average molecular weight is 120 g/mol. The monoisotopic (exact) mass is 120 g/mol. The normalized spacial score (nSPS) is 21.1. The number of carbonyl (C=O) groups excluding carboxylic acids is 1. The van der Waals surface area contributed by atoms with Crippen LogP contribution in [0.3, 0.4) is 0 Å². The molecule has 0 aromatic rings. The molecule has 2 aliphatic rings. The van der Waals surface area contributed by atoms with E-state index >= 15 is 0 Å². The molecule has 9 heavy (non-hydrogen) atoms. The summed E-state index contributed by atoms with van der Waals surface area (Å²) in [4.78, 5) is 14.1. The van der Waals surface area contributed by atoms with Crippen molar-refractivity contribution < 1.29 is 9.53 Å². The van der Waals surface area contributed by atoms with Gasteiger partial charge in [-0.25, -0.2) is 9.79 Å². The van der Waals surface area contributed by atoms with Gasteiger partial charge in [0.25, 0.3) is 0 Å². The molecule has 0 saturated heterocycles. The maximum Gasteiger partial charge on any atom is 0.337 e. The lowest BCUT2D eigenvalue weighted by Gasteiger charge is -1.88. The third kappa shape index (κ3) is 0.512. The van der Waals surface area contributed by atoms with Crippen LogP contribution in [-0.2, 0) is 9.53 Å². The standard InChI is InChI=1S/C6H2NO2/c8-6-1-4-2-7-3-5(4)9-6/h1,3H. The molecule has 2 aliphatic heterocycles. The van der Waals surface area contributed by atoms with E-state index in [0.717, 1.165) is 0 Å². The van der Waals surface area contributed by atoms with Gasteiger partial charge in [-0.15, -0.1) is 0 Å². The van der Waals surface area contributed by atoms with Gasteiger partial charge in [-0.3, -0.25) is 0 Å². The molecule has 0 aromatic carbocycles. The molecule has 0 saturated carbocycles. The summed E-state index contributed by atoms with van der Waals surface area (Å²) in [7, 11) is 0. The summed E-state index contributed by atoms with van der Waals surface area (Å²) in [5.41, 5.74) is 0.653. The van der Waals surface area contributed by atoms with Crippen LogP contribution in [0.15, 0.2) is 28.6 Å². The van der Waals surface area contributed by atoms with Crippen LogP contribution in [0.5, 0.6) is 0 Å². The van der Waals surface area contributed by atoms with Crippen molar-refractivity contribution in [3.63, 3.8) is 0 Å². The van der Waals surface area contributed by atoms with Crippen molar-refractivity contribution in [1.82, 2.24) is 0 Å². The first kappa shape index (κ1) is 4.49. The van der Waals surface area contributed by atoms with E-state index in [1.54, 1.807) is 0 Å². The first-order chi connectivity index (χ1) is 4.36. The third-order valence-electron chi connectivity index (χ3n) is 1.11. The quantitative estimate of drug-likeness (QED) is 0.430. The van der Waals surface area contributed by atoms with Crippen LogP contribution in [0.4, 0.5) is 0 Å². The summed E-state index contributed by atoms with van der Waals surface area (Å²) in [6, 6.07) is 0. The van der Waals surface area contributed by atoms with Crippen LogP contribution >= 0.6 is 0 Å². The molecule has 0 fully saturated rings. The lowest BCUT2D eigenvalue weighted by Crippen LogP contribution is -1.88. The lowest BCUT2D eigenvalue weighted by molar-refractivity contribution is -0.132. The predicted molar refractivity (Wildman–Crippen MR) is 29.7 cm³/mol. The maximum absolute atomic E-state index is 10.4. The number of hydrogen-bond donors (Lipinski definition) is 0. The molecule has 0 aromatic heterocycles. The van der Waals surface area contributed by atoms with Crippen LogP contribution < -0.4 is 0 Å². The smallest absolute Gasteiger partial charge is 0.337 e. The molecule has 2 heterocycles. The number of carbonyl (C=O) groups is 1. The molecule has 0 amide bonds. The van der Waals surface area contributed by atoms with E-state index < -0.39 is 0 Å². The second kappa shape index (κ2) is 1.31. The van der Waals surface area contributed by atoms with Gasteiger partial charge in [-0.05, 0) is 0 Å². The van der Waals surface area contributed by atoms with E-state index in [-0.39, 0.29) is 5.97 Å². The minimum atomic E-state index is -0.335. The van der Waals surface area contributed by atoms with Gasteiger partial charge in [0.2, 0.25) is 0 Å². The Morgan fingerprint density at radius 2 is 2.56 bits per heavy atom. The van der Waals surface area contributed by atoms with Gasteiger partial charge in [0.1, 0.15) is 6.21 Å². The fourth-order valence-electron chi connectivity index (χ4n) is 0.726. The van der Waals surface area contributed by atoms with Crippen molar-refractivity contribution >= 4 is 12.2 Å². The molecule has 1 radical (unpaired) electrons. The largest absolute Gasteiger partial charge is 0.421 e. The minimum absolute atomic E-state index is 0.335. The third-order valence-corrected chi connectivity index (χ3v) is 1.11. The van der Waals surface area contributed by atoms with E-state index in [1.807, 2.05) is 0 Å². The maximum atomic E-state index is 10.4. The van der Waals surface area contributed by atoms with Gasteiger partial charge < -0.3 is 4.74 Å². The minimum Gasteiger partial charge on any atom is -0.421 e. The molecule has 0 spiro atoms. The summed E-state index contributed by atoms with van der Waals surface area (Å²) in [6.45, 7) is 0. The van der Waals surface area contributed by atoms with Gasteiger partial charge in [0.15, 0.2) is 5.76 Å². The molecular formula is C6H2NO2. The van der Waals surface area contributed by atoms with Crippen LogP contribution in [-0.4, -0.2) is 12.2 Å². The topological polar surface area (TPSA) is 38.7 Å². The Hall–Kier alpha value is -1.38. The number of aliphatic imine (C=N–C) groups is 1. The van der Waals surface area contributed by atoms with Crippen molar-refractivity contribution in [3.05, 3.63) is 23.6 Å². The summed E-state index contributed by atoms with van der Waals surface area (Å²) < 4.78 is 4.66. The molecule has 3 heteroatoms. The molecule has 0 bridgehead atoms. The highest BCUT2D eigenvalue weighted by Gasteiger charge is 2.21. The van der Waals surface area contributed by atoms with Crippen molar-refractivity contribution in [2.45, 2.75) is 0 Å². The predicted octanol–water partition coefficient (Wildman–Crippen LogP) is 0.272. The van der Waals surface area contributed by atoms with E-state index in [9.17, 15) is 4.79 Å². The molecule has 0 unspecified atom stereocenters. The Labute approximate surface area is 51.3 Å². The number of ether oxygens (including phenoxy) is 1. The van der Waals surface area contributed by atoms with Crippen molar-refractivity contribution in [1.29, 1.82) is 0 Å². The Kier molecular flexibility index (Phi) is 0.656. The zero-order valence-corrected chi connectivity index (χ0v) is 4.42. The highest BCUT2D eigenvalue weighted by molar-refractivity contribution is 6.01. The zero-order chi connectivity index (χ0) is 6.27. The zero-order valence-electron chi connectivity index (χ0n) is 4.42. The highest BCUT2D eigenvalue weighted by Crippen LogP contribution is 2.21. The second-order valence-corrected chi connectivity index (χ2v) is 1.71. The molecule has 3 nitrogen and oxygen atoms in total. The number of nitrogens with zero attached hydrogens (tertiary/aromatic N) is 1. The van der Waals surface area contributed by atoms with Crippen LogP contribution in [0.2, 0.25) is 0 Å². The van der Waals surface area contributed by atoms with Crippen molar-refractivity contribution in [2.24, 2.45) is 4.99 Å². The van der Waals surface area contributed by atoms with E-state index in [0.29, 0.717) is 11.3 Å². The molecule has 0 aliphatic carbocycles. The number of allylic oxidation sites excluding steroid dienone is 1. The SMILES string of the molecule is O=C1C=C2[C]=NC=C2O1. The Balaban J connectivity index is 2.51. The van der Waals surface area contributed by atoms with Crippen molar-refractivity contribution in [3.8, 4) is 0 Å². The molecular weight excluding hydrogens is 118 g/mol. The second-order valence-electron chi connectivity index (χ2n) is 1.71. The summed E-state index contributed by atoms with van der Waals surface area (Å²) in [5, 5.41) is 0. The van der Waals surface area contributed by atoms with Crippen LogP contribution in [0, 0.1) is 0 Å². The molecule has 43 valence electrons. The van der Waals surface area contributed by atoms with Gasteiger partial charge in [-0.2, -0.15) is 0 Å². The molecule has 2 rings (SSSR count). The fraction of sp³-hybridized carbons (Fsp3) is 0. The number of rotatable bonds is 0. The first-order valence-electron chi connectivity index (χ1n) is 2.46. The van der Waals surface area contributed by atoms with Crippen LogP contribution in [0.25, 0.3) is 0 Å². The van der Waals surface area contributed by atoms with E-state index in [4.69, 9.17) is 0 Å².